The molecule has 0 bridgehead atoms. The highest BCUT2D eigenvalue weighted by Gasteiger charge is 2.07. The molecule has 1 heterocycles. The molecule has 0 unspecified atom stereocenters. The van der Waals surface area contributed by atoms with Crippen LogP contribution >= 0.6 is 0 Å². The lowest BCUT2D eigenvalue weighted by molar-refractivity contribution is 0.0943. The van der Waals surface area contributed by atoms with Crippen LogP contribution in [0.4, 0.5) is 5.82 Å². The van der Waals surface area contributed by atoms with Gasteiger partial charge < -0.3 is 15.4 Å². The average Bonchev–Trinajstić information content (AvgIpc) is 2.60. The van der Waals surface area contributed by atoms with Crippen molar-refractivity contribution in [3.05, 3.63) is 29.7 Å². The van der Waals surface area contributed by atoms with Gasteiger partial charge in [0.05, 0.1) is 12.4 Å². The van der Waals surface area contributed by atoms with Crippen molar-refractivity contribution in [2.75, 3.05) is 32.1 Å². The molecule has 0 fully saturated rings. The highest BCUT2D eigenvalue weighted by molar-refractivity contribution is 5.91. The van der Waals surface area contributed by atoms with Crippen molar-refractivity contribution in [3.63, 3.8) is 0 Å². The van der Waals surface area contributed by atoms with Crippen molar-refractivity contribution in [2.45, 2.75) is 38.5 Å². The molecule has 1 amide bonds. The number of methoxy groups -OCH3 is 1. The van der Waals surface area contributed by atoms with E-state index in [4.69, 9.17) is 4.74 Å². The lowest BCUT2D eigenvalue weighted by atomic mass is 9.97. The largest absolute Gasteiger partial charge is 0.385 e. The third kappa shape index (κ3) is 6.36. The third-order valence-electron chi connectivity index (χ3n) is 3.83. The fourth-order valence-electron chi connectivity index (χ4n) is 2.53. The highest BCUT2D eigenvalue weighted by Crippen LogP contribution is 2.19. The molecule has 1 aromatic rings. The first-order chi connectivity index (χ1) is 11.3. The Morgan fingerprint density at radius 3 is 2.87 bits per heavy atom. The van der Waals surface area contributed by atoms with E-state index in [1.807, 2.05) is 0 Å². The van der Waals surface area contributed by atoms with E-state index < -0.39 is 0 Å². The molecule has 6 nitrogen and oxygen atoms in total. The highest BCUT2D eigenvalue weighted by atomic mass is 16.5. The maximum Gasteiger partial charge on any atom is 0.271 e. The van der Waals surface area contributed by atoms with Crippen molar-refractivity contribution in [1.82, 2.24) is 15.3 Å². The van der Waals surface area contributed by atoms with Crippen LogP contribution in [0, 0.1) is 0 Å². The number of nitrogens with one attached hydrogen (secondary N) is 2. The fourth-order valence-corrected chi connectivity index (χ4v) is 2.53. The number of hydrogen-bond acceptors (Lipinski definition) is 5. The Bertz CT molecular complexity index is 514. The van der Waals surface area contributed by atoms with Crippen molar-refractivity contribution in [2.24, 2.45) is 0 Å². The molecule has 0 saturated heterocycles. The van der Waals surface area contributed by atoms with Crippen molar-refractivity contribution in [3.8, 4) is 0 Å². The number of nitrogens with zero attached hydrogens (tertiary/aromatic N) is 2. The molecule has 0 saturated carbocycles. The van der Waals surface area contributed by atoms with Crippen LogP contribution in [0.2, 0.25) is 0 Å². The van der Waals surface area contributed by atoms with Gasteiger partial charge in [-0.2, -0.15) is 0 Å². The zero-order valence-electron chi connectivity index (χ0n) is 13.8. The molecule has 1 aliphatic rings. The number of allylic oxidation sites excluding steroid dienone is 1. The van der Waals surface area contributed by atoms with Gasteiger partial charge in [-0.05, 0) is 38.5 Å². The SMILES string of the molecule is COCCCNC(=O)c1cnc(NCCC2=CCCCC2)cn1. The Balaban J connectivity index is 1.71. The summed E-state index contributed by atoms with van der Waals surface area (Å²) in [4.78, 5) is 20.3. The van der Waals surface area contributed by atoms with Crippen molar-refractivity contribution < 1.29 is 9.53 Å². The first-order valence-electron chi connectivity index (χ1n) is 8.30. The lowest BCUT2D eigenvalue weighted by Crippen LogP contribution is -2.26. The quantitative estimate of drug-likeness (QED) is 0.540. The monoisotopic (exact) mass is 318 g/mol. The predicted molar refractivity (Wildman–Crippen MR) is 90.5 cm³/mol. The van der Waals surface area contributed by atoms with E-state index in [9.17, 15) is 4.79 Å². The number of carbonyl (C=O) groups excluding carboxylic acids is 1. The molecule has 0 atom stereocenters. The molecular formula is C17H26N4O2. The van der Waals surface area contributed by atoms with E-state index >= 15 is 0 Å². The zero-order valence-corrected chi connectivity index (χ0v) is 13.8. The number of hydrogen-bond donors (Lipinski definition) is 2. The molecule has 2 N–H and O–H groups in total. The van der Waals surface area contributed by atoms with E-state index in [1.165, 1.54) is 37.5 Å². The minimum absolute atomic E-state index is 0.201. The van der Waals surface area contributed by atoms with Gasteiger partial charge in [0, 0.05) is 26.8 Å². The second kappa shape index (κ2) is 9.94. The van der Waals surface area contributed by atoms with Gasteiger partial charge in [0.1, 0.15) is 11.5 Å². The maximum atomic E-state index is 11.9. The van der Waals surface area contributed by atoms with Crippen LogP contribution in [0.5, 0.6) is 0 Å². The molecule has 1 aromatic heterocycles. The number of rotatable bonds is 9. The minimum atomic E-state index is -0.201. The van der Waals surface area contributed by atoms with Crippen LogP contribution in [-0.2, 0) is 4.74 Å². The van der Waals surface area contributed by atoms with Crippen LogP contribution in [-0.4, -0.2) is 42.7 Å². The van der Waals surface area contributed by atoms with Gasteiger partial charge in [-0.25, -0.2) is 9.97 Å². The Labute approximate surface area is 137 Å². The third-order valence-corrected chi connectivity index (χ3v) is 3.83. The molecule has 23 heavy (non-hydrogen) atoms. The van der Waals surface area contributed by atoms with Gasteiger partial charge >= 0.3 is 0 Å². The molecule has 0 radical (unpaired) electrons. The number of aromatic nitrogens is 2. The summed E-state index contributed by atoms with van der Waals surface area (Å²) in [5, 5.41) is 6.05. The van der Waals surface area contributed by atoms with Crippen LogP contribution < -0.4 is 10.6 Å². The summed E-state index contributed by atoms with van der Waals surface area (Å²) in [7, 11) is 1.64. The number of ether oxygens (including phenoxy) is 1. The zero-order chi connectivity index (χ0) is 16.3. The van der Waals surface area contributed by atoms with Crippen LogP contribution in [0.1, 0.15) is 49.0 Å². The van der Waals surface area contributed by atoms with Gasteiger partial charge in [0.25, 0.3) is 5.91 Å². The van der Waals surface area contributed by atoms with Crippen LogP contribution in [0.25, 0.3) is 0 Å². The van der Waals surface area contributed by atoms with Gasteiger partial charge in [-0.15, -0.1) is 0 Å². The first kappa shape index (κ1) is 17.4. The second-order valence-corrected chi connectivity index (χ2v) is 5.67. The van der Waals surface area contributed by atoms with Crippen LogP contribution in [0.3, 0.4) is 0 Å². The summed E-state index contributed by atoms with van der Waals surface area (Å²) in [6.45, 7) is 2.05. The molecule has 6 heteroatoms. The molecule has 0 spiro atoms. The Hall–Kier alpha value is -1.95. The molecule has 0 aliphatic heterocycles. The summed E-state index contributed by atoms with van der Waals surface area (Å²) in [5.41, 5.74) is 1.87. The minimum Gasteiger partial charge on any atom is -0.385 e. The van der Waals surface area contributed by atoms with Crippen molar-refractivity contribution in [1.29, 1.82) is 0 Å². The molecular weight excluding hydrogens is 292 g/mol. The molecule has 1 aliphatic carbocycles. The standard InChI is InChI=1S/C17H26N4O2/c1-23-11-5-9-19-17(22)15-12-21-16(13-20-15)18-10-8-14-6-3-2-4-7-14/h6,12-13H,2-5,7-11H2,1H3,(H,18,21)(H,19,22). The van der Waals surface area contributed by atoms with Gasteiger partial charge in [-0.1, -0.05) is 11.6 Å². The van der Waals surface area contributed by atoms with Gasteiger partial charge in [0.15, 0.2) is 0 Å². The normalized spacial score (nSPS) is 14.2. The van der Waals surface area contributed by atoms with Gasteiger partial charge in [0.2, 0.25) is 0 Å². The molecule has 0 aromatic carbocycles. The Morgan fingerprint density at radius 1 is 1.26 bits per heavy atom. The number of amides is 1. The van der Waals surface area contributed by atoms with Crippen LogP contribution in [0.15, 0.2) is 24.0 Å². The average molecular weight is 318 g/mol. The summed E-state index contributed by atoms with van der Waals surface area (Å²) in [6.07, 6.45) is 12.4. The first-order valence-corrected chi connectivity index (χ1v) is 8.30. The van der Waals surface area contributed by atoms with Gasteiger partial charge in [-0.3, -0.25) is 4.79 Å². The lowest BCUT2D eigenvalue weighted by Gasteiger charge is -2.13. The summed E-state index contributed by atoms with van der Waals surface area (Å²) < 4.78 is 4.93. The maximum absolute atomic E-state index is 11.9. The summed E-state index contributed by atoms with van der Waals surface area (Å²) >= 11 is 0. The number of anilines is 1. The summed E-state index contributed by atoms with van der Waals surface area (Å²) in [6, 6.07) is 0. The van der Waals surface area contributed by atoms with E-state index in [0.717, 1.165) is 19.4 Å². The van der Waals surface area contributed by atoms with E-state index in [1.54, 1.807) is 13.3 Å². The molecule has 126 valence electrons. The Kier molecular flexibility index (Phi) is 7.52. The van der Waals surface area contributed by atoms with E-state index in [-0.39, 0.29) is 5.91 Å². The van der Waals surface area contributed by atoms with E-state index in [0.29, 0.717) is 24.7 Å². The Morgan fingerprint density at radius 2 is 2.17 bits per heavy atom. The smallest absolute Gasteiger partial charge is 0.271 e. The van der Waals surface area contributed by atoms with Crippen molar-refractivity contribution >= 4 is 11.7 Å². The topological polar surface area (TPSA) is 76.1 Å². The second-order valence-electron chi connectivity index (χ2n) is 5.67. The summed E-state index contributed by atoms with van der Waals surface area (Å²) in [5.74, 6) is 0.504. The fraction of sp³-hybridized carbons (Fsp3) is 0.588. The molecule has 2 rings (SSSR count). The number of carbonyl (C=O) groups is 1. The van der Waals surface area contributed by atoms with E-state index in [2.05, 4.69) is 26.7 Å². The predicted octanol–water partition coefficient (Wildman–Crippen LogP) is 2.55.